The lowest BCUT2D eigenvalue weighted by molar-refractivity contribution is -0.145. The van der Waals surface area contributed by atoms with E-state index in [-0.39, 0.29) is 11.3 Å². The topological polar surface area (TPSA) is 79.2 Å². The van der Waals surface area contributed by atoms with Gasteiger partial charge in [-0.05, 0) is 25.7 Å². The normalized spacial score (nSPS) is 33.2. The van der Waals surface area contributed by atoms with Gasteiger partial charge < -0.3 is 9.32 Å². The number of aromatic nitrogens is 2. The summed E-state index contributed by atoms with van der Waals surface area (Å²) >= 11 is 1.95. The standard InChI is InChI=1S/C13H17N3O3S/c17-11(13-5-9(6-13)20-7-13)16-3-1-8(2-4-16)10-14-15-12(18)19-10/h8-9H,1-7H2,(H,15,18). The number of hydrogen-bond acceptors (Lipinski definition) is 5. The molecule has 4 aliphatic rings. The van der Waals surface area contributed by atoms with Crippen LogP contribution in [-0.4, -0.2) is 45.1 Å². The van der Waals surface area contributed by atoms with Crippen molar-refractivity contribution in [3.63, 3.8) is 0 Å². The van der Waals surface area contributed by atoms with E-state index < -0.39 is 5.76 Å². The van der Waals surface area contributed by atoms with Crippen LogP contribution in [0.15, 0.2) is 9.21 Å². The van der Waals surface area contributed by atoms with Crippen molar-refractivity contribution in [2.45, 2.75) is 36.9 Å². The van der Waals surface area contributed by atoms with Crippen LogP contribution >= 0.6 is 11.8 Å². The van der Waals surface area contributed by atoms with Gasteiger partial charge in [-0.2, -0.15) is 11.8 Å². The number of thioether (sulfide) groups is 1. The molecule has 6 nitrogen and oxygen atoms in total. The summed E-state index contributed by atoms with van der Waals surface area (Å²) in [6, 6.07) is 0. The minimum absolute atomic E-state index is 0.0406. The van der Waals surface area contributed by atoms with Gasteiger partial charge in [-0.1, -0.05) is 0 Å². The fourth-order valence-electron chi connectivity index (χ4n) is 3.64. The van der Waals surface area contributed by atoms with Crippen molar-refractivity contribution in [2.75, 3.05) is 18.8 Å². The maximum atomic E-state index is 12.6. The van der Waals surface area contributed by atoms with E-state index in [9.17, 15) is 9.59 Å². The molecule has 4 heterocycles. The molecule has 1 aromatic rings. The zero-order valence-electron chi connectivity index (χ0n) is 11.1. The first-order valence-corrected chi connectivity index (χ1v) is 8.18. The number of nitrogens with one attached hydrogen (secondary N) is 1. The van der Waals surface area contributed by atoms with Gasteiger partial charge >= 0.3 is 5.76 Å². The molecule has 0 spiro atoms. The van der Waals surface area contributed by atoms with E-state index in [4.69, 9.17) is 4.42 Å². The van der Waals surface area contributed by atoms with Crippen molar-refractivity contribution in [1.29, 1.82) is 0 Å². The van der Waals surface area contributed by atoms with Crippen LogP contribution < -0.4 is 5.76 Å². The number of rotatable bonds is 2. The van der Waals surface area contributed by atoms with Crippen LogP contribution in [0.25, 0.3) is 0 Å². The van der Waals surface area contributed by atoms with Gasteiger partial charge in [-0.25, -0.2) is 9.89 Å². The molecule has 0 radical (unpaired) electrons. The van der Waals surface area contributed by atoms with Gasteiger partial charge in [-0.15, -0.1) is 5.10 Å². The molecule has 0 unspecified atom stereocenters. The third-order valence-corrected chi connectivity index (χ3v) is 6.40. The number of amides is 1. The van der Waals surface area contributed by atoms with Crippen LogP contribution in [0.4, 0.5) is 0 Å². The fraction of sp³-hybridized carbons (Fsp3) is 0.769. The Balaban J connectivity index is 1.40. The maximum absolute atomic E-state index is 12.6. The van der Waals surface area contributed by atoms with Crippen LogP contribution in [0.5, 0.6) is 0 Å². The number of likely N-dealkylation sites (tertiary alicyclic amines) is 1. The Labute approximate surface area is 120 Å². The number of H-pyrrole nitrogens is 1. The van der Waals surface area contributed by atoms with Gasteiger partial charge in [0.15, 0.2) is 0 Å². The molecule has 1 N–H and O–H groups in total. The summed E-state index contributed by atoms with van der Waals surface area (Å²) in [5.41, 5.74) is -0.0406. The SMILES string of the molecule is O=C(N1CCC(c2n[nH]c(=O)o2)CC1)C12CSC(C1)C2. The second kappa shape index (κ2) is 4.38. The van der Waals surface area contributed by atoms with E-state index in [0.717, 1.165) is 49.8 Å². The lowest BCUT2D eigenvalue weighted by atomic mass is 9.69. The van der Waals surface area contributed by atoms with E-state index in [1.54, 1.807) is 0 Å². The van der Waals surface area contributed by atoms with Gasteiger partial charge in [0.1, 0.15) is 0 Å². The van der Waals surface area contributed by atoms with Gasteiger partial charge in [-0.3, -0.25) is 4.79 Å². The van der Waals surface area contributed by atoms with Gasteiger partial charge in [0.05, 0.1) is 5.41 Å². The van der Waals surface area contributed by atoms with Crippen LogP contribution in [0.3, 0.4) is 0 Å². The summed E-state index contributed by atoms with van der Waals surface area (Å²) in [7, 11) is 0. The molecule has 4 fully saturated rings. The maximum Gasteiger partial charge on any atom is 0.434 e. The molecule has 3 aliphatic heterocycles. The molecule has 108 valence electrons. The monoisotopic (exact) mass is 295 g/mol. The molecular weight excluding hydrogens is 278 g/mol. The number of nitrogens with zero attached hydrogens (tertiary/aromatic N) is 2. The average molecular weight is 295 g/mol. The van der Waals surface area contributed by atoms with Gasteiger partial charge in [0, 0.05) is 30.0 Å². The molecule has 7 heteroatoms. The molecule has 3 saturated heterocycles. The lowest BCUT2D eigenvalue weighted by Crippen LogP contribution is -2.51. The number of fused-ring (bicyclic) bond motifs is 1. The highest BCUT2D eigenvalue weighted by molar-refractivity contribution is 8.00. The van der Waals surface area contributed by atoms with E-state index >= 15 is 0 Å². The Bertz CT molecular complexity index is 576. The van der Waals surface area contributed by atoms with Crippen molar-refractivity contribution in [2.24, 2.45) is 5.41 Å². The highest BCUT2D eigenvalue weighted by atomic mass is 32.2. The highest BCUT2D eigenvalue weighted by Gasteiger charge is 2.57. The number of hydrogen-bond donors (Lipinski definition) is 1. The lowest BCUT2D eigenvalue weighted by Gasteiger charge is -2.41. The van der Waals surface area contributed by atoms with E-state index in [1.807, 2.05) is 16.7 Å². The molecule has 0 aromatic carbocycles. The molecule has 1 saturated carbocycles. The third kappa shape index (κ3) is 1.82. The van der Waals surface area contributed by atoms with E-state index in [1.165, 1.54) is 0 Å². The zero-order valence-corrected chi connectivity index (χ0v) is 11.9. The predicted octanol–water partition coefficient (Wildman–Crippen LogP) is 0.964. The summed E-state index contributed by atoms with van der Waals surface area (Å²) in [5, 5.41) is 6.93. The van der Waals surface area contributed by atoms with Crippen molar-refractivity contribution in [3.05, 3.63) is 16.4 Å². The quantitative estimate of drug-likeness (QED) is 0.879. The Morgan fingerprint density at radius 3 is 2.70 bits per heavy atom. The summed E-state index contributed by atoms with van der Waals surface area (Å²) in [6.07, 6.45) is 3.80. The average Bonchev–Trinajstić information content (AvgIpc) is 3.12. The molecule has 1 amide bonds. The summed E-state index contributed by atoms with van der Waals surface area (Å²) in [4.78, 5) is 25.6. The second-order valence-corrected chi connectivity index (χ2v) is 7.43. The minimum atomic E-state index is -0.499. The summed E-state index contributed by atoms with van der Waals surface area (Å²) in [5.74, 6) is 1.49. The molecule has 1 aromatic heterocycles. The Morgan fingerprint density at radius 1 is 1.40 bits per heavy atom. The first-order valence-electron chi connectivity index (χ1n) is 7.13. The molecule has 20 heavy (non-hydrogen) atoms. The Kier molecular flexibility index (Phi) is 2.73. The highest BCUT2D eigenvalue weighted by Crippen LogP contribution is 2.58. The van der Waals surface area contributed by atoms with Crippen LogP contribution in [0, 0.1) is 5.41 Å². The van der Waals surface area contributed by atoms with Crippen LogP contribution in [0.2, 0.25) is 0 Å². The van der Waals surface area contributed by atoms with E-state index in [2.05, 4.69) is 10.2 Å². The Morgan fingerprint density at radius 2 is 2.15 bits per heavy atom. The van der Waals surface area contributed by atoms with Crippen molar-refractivity contribution < 1.29 is 9.21 Å². The number of carbonyl (C=O) groups is 1. The van der Waals surface area contributed by atoms with Crippen molar-refractivity contribution in [1.82, 2.24) is 15.1 Å². The number of aromatic amines is 1. The molecule has 1 aliphatic carbocycles. The molecular formula is C13H17N3O3S. The third-order valence-electron chi connectivity index (χ3n) is 4.87. The number of carbonyl (C=O) groups excluding carboxylic acids is 1. The zero-order chi connectivity index (χ0) is 13.7. The van der Waals surface area contributed by atoms with Gasteiger partial charge in [0.25, 0.3) is 0 Å². The molecule has 2 bridgehead atoms. The van der Waals surface area contributed by atoms with E-state index in [0.29, 0.717) is 11.8 Å². The minimum Gasteiger partial charge on any atom is -0.392 e. The summed E-state index contributed by atoms with van der Waals surface area (Å²) in [6.45, 7) is 1.49. The van der Waals surface area contributed by atoms with Crippen molar-refractivity contribution >= 4 is 17.7 Å². The predicted molar refractivity (Wildman–Crippen MR) is 73.6 cm³/mol. The largest absolute Gasteiger partial charge is 0.434 e. The first-order chi connectivity index (χ1) is 9.66. The van der Waals surface area contributed by atoms with Gasteiger partial charge in [0.2, 0.25) is 11.8 Å². The number of piperidine rings is 1. The molecule has 0 atom stereocenters. The second-order valence-electron chi connectivity index (χ2n) is 6.14. The molecule has 5 rings (SSSR count). The van der Waals surface area contributed by atoms with Crippen LogP contribution in [-0.2, 0) is 4.79 Å². The Hall–Kier alpha value is -1.24. The first kappa shape index (κ1) is 12.5. The smallest absolute Gasteiger partial charge is 0.392 e. The summed E-state index contributed by atoms with van der Waals surface area (Å²) < 4.78 is 5.02. The fourth-order valence-corrected chi connectivity index (χ4v) is 5.43. The van der Waals surface area contributed by atoms with Crippen molar-refractivity contribution in [3.8, 4) is 0 Å². The van der Waals surface area contributed by atoms with Crippen LogP contribution in [0.1, 0.15) is 37.5 Å².